The summed E-state index contributed by atoms with van der Waals surface area (Å²) in [7, 11) is -2.92. The van der Waals surface area contributed by atoms with Gasteiger partial charge >= 0.3 is 0 Å². The molecule has 2 unspecified atom stereocenters. The van der Waals surface area contributed by atoms with E-state index in [1.807, 2.05) is 18.2 Å². The van der Waals surface area contributed by atoms with Crippen molar-refractivity contribution in [3.8, 4) is 0 Å². The first-order valence-corrected chi connectivity index (χ1v) is 8.47. The van der Waals surface area contributed by atoms with Crippen LogP contribution in [0.15, 0.2) is 18.2 Å². The van der Waals surface area contributed by atoms with Crippen LogP contribution >= 0.6 is 11.6 Å². The Morgan fingerprint density at radius 1 is 1.37 bits per heavy atom. The lowest BCUT2D eigenvalue weighted by molar-refractivity contribution is -0.115. The van der Waals surface area contributed by atoms with Crippen LogP contribution in [0, 0.1) is 5.92 Å². The maximum atomic E-state index is 11.5. The van der Waals surface area contributed by atoms with Crippen LogP contribution in [0.5, 0.6) is 0 Å². The van der Waals surface area contributed by atoms with Gasteiger partial charge in [-0.25, -0.2) is 8.42 Å². The highest BCUT2D eigenvalue weighted by molar-refractivity contribution is 7.91. The number of fused-ring (bicyclic) bond motifs is 1. The fraction of sp³-hybridized carbons (Fsp3) is 0.462. The van der Waals surface area contributed by atoms with Crippen LogP contribution in [-0.2, 0) is 21.1 Å². The zero-order valence-corrected chi connectivity index (χ0v) is 11.8. The fourth-order valence-corrected chi connectivity index (χ4v) is 5.04. The number of rotatable bonds is 2. The monoisotopic (exact) mass is 299 g/mol. The highest BCUT2D eigenvalue weighted by Crippen LogP contribution is 2.38. The Balaban J connectivity index is 1.83. The number of halogens is 1. The highest BCUT2D eigenvalue weighted by atomic mass is 35.5. The molecule has 1 aromatic rings. The van der Waals surface area contributed by atoms with E-state index in [0.717, 1.165) is 16.8 Å². The summed E-state index contributed by atoms with van der Waals surface area (Å²) in [5, 5.41) is 2.46. The van der Waals surface area contributed by atoms with Gasteiger partial charge in [-0.2, -0.15) is 0 Å². The zero-order valence-electron chi connectivity index (χ0n) is 10.2. The van der Waals surface area contributed by atoms with E-state index >= 15 is 0 Å². The van der Waals surface area contributed by atoms with E-state index in [9.17, 15) is 13.2 Å². The van der Waals surface area contributed by atoms with Crippen molar-refractivity contribution in [2.45, 2.75) is 18.2 Å². The SMILES string of the molecule is O=C1Cc2cc(C(Cl)C3CCS(=O)(=O)C3)ccc2N1. The molecular weight excluding hydrogens is 286 g/mol. The molecule has 1 N–H and O–H groups in total. The van der Waals surface area contributed by atoms with Crippen molar-refractivity contribution in [2.75, 3.05) is 16.8 Å². The number of sulfone groups is 1. The molecule has 0 radical (unpaired) electrons. The summed E-state index contributed by atoms with van der Waals surface area (Å²) in [4.78, 5) is 11.3. The van der Waals surface area contributed by atoms with Gasteiger partial charge in [0, 0.05) is 5.69 Å². The summed E-state index contributed by atoms with van der Waals surface area (Å²) in [6, 6.07) is 5.62. The van der Waals surface area contributed by atoms with Gasteiger partial charge in [0.05, 0.1) is 23.3 Å². The molecule has 6 heteroatoms. The Kier molecular flexibility index (Phi) is 3.06. The van der Waals surface area contributed by atoms with Gasteiger partial charge in [-0.1, -0.05) is 12.1 Å². The van der Waals surface area contributed by atoms with E-state index in [-0.39, 0.29) is 28.7 Å². The second-order valence-corrected chi connectivity index (χ2v) is 7.91. The molecule has 4 nitrogen and oxygen atoms in total. The molecule has 1 aromatic carbocycles. The van der Waals surface area contributed by atoms with Crippen molar-refractivity contribution >= 4 is 33.0 Å². The predicted octanol–water partition coefficient (Wildman–Crippen LogP) is 1.90. The summed E-state index contributed by atoms with van der Waals surface area (Å²) in [6.45, 7) is 0. The topological polar surface area (TPSA) is 63.2 Å². The molecule has 1 fully saturated rings. The Morgan fingerprint density at radius 2 is 2.16 bits per heavy atom. The molecule has 2 aliphatic heterocycles. The average Bonchev–Trinajstić information content (AvgIpc) is 2.88. The van der Waals surface area contributed by atoms with E-state index in [4.69, 9.17) is 11.6 Å². The molecule has 0 saturated carbocycles. The number of carbonyl (C=O) groups excluding carboxylic acids is 1. The largest absolute Gasteiger partial charge is 0.326 e. The predicted molar refractivity (Wildman–Crippen MR) is 74.1 cm³/mol. The molecule has 2 heterocycles. The standard InChI is InChI=1S/C13H14ClNO3S/c14-13(9-3-4-19(17,18)7-9)8-1-2-11-10(5-8)6-12(16)15-11/h1-2,5,9,13H,3-4,6-7H2,(H,15,16). The lowest BCUT2D eigenvalue weighted by Gasteiger charge is -2.16. The van der Waals surface area contributed by atoms with Gasteiger partial charge in [-0.05, 0) is 29.5 Å². The first-order valence-electron chi connectivity index (χ1n) is 6.22. The Morgan fingerprint density at radius 3 is 2.84 bits per heavy atom. The minimum atomic E-state index is -2.92. The summed E-state index contributed by atoms with van der Waals surface area (Å²) >= 11 is 6.41. The number of amides is 1. The minimum Gasteiger partial charge on any atom is -0.326 e. The Bertz CT molecular complexity index is 641. The molecular formula is C13H14ClNO3S. The maximum Gasteiger partial charge on any atom is 0.228 e. The number of anilines is 1. The summed E-state index contributed by atoms with van der Waals surface area (Å²) < 4.78 is 23.0. The molecule has 2 atom stereocenters. The fourth-order valence-electron chi connectivity index (χ4n) is 2.75. The number of carbonyl (C=O) groups is 1. The van der Waals surface area contributed by atoms with Gasteiger partial charge in [0.2, 0.25) is 5.91 Å². The second kappa shape index (κ2) is 4.49. The third kappa shape index (κ3) is 2.49. The van der Waals surface area contributed by atoms with Gasteiger partial charge in [-0.15, -0.1) is 11.6 Å². The quantitative estimate of drug-likeness (QED) is 0.848. The Hall–Kier alpha value is -1.07. The zero-order chi connectivity index (χ0) is 13.6. The first-order chi connectivity index (χ1) is 8.94. The third-order valence-electron chi connectivity index (χ3n) is 3.75. The number of alkyl halides is 1. The van der Waals surface area contributed by atoms with Gasteiger partial charge in [0.25, 0.3) is 0 Å². The lowest BCUT2D eigenvalue weighted by Crippen LogP contribution is -2.10. The Labute approximate surface area is 117 Å². The normalized spacial score (nSPS) is 25.9. The molecule has 1 saturated heterocycles. The number of hydrogen-bond acceptors (Lipinski definition) is 3. The van der Waals surface area contributed by atoms with Crippen LogP contribution in [0.2, 0.25) is 0 Å². The van der Waals surface area contributed by atoms with E-state index in [0.29, 0.717) is 12.8 Å². The van der Waals surface area contributed by atoms with Crippen LogP contribution in [0.1, 0.15) is 22.9 Å². The second-order valence-electron chi connectivity index (χ2n) is 5.21. The van der Waals surface area contributed by atoms with E-state index < -0.39 is 9.84 Å². The summed E-state index contributed by atoms with van der Waals surface area (Å²) in [6.07, 6.45) is 0.987. The first kappa shape index (κ1) is 12.9. The van der Waals surface area contributed by atoms with Crippen molar-refractivity contribution in [3.63, 3.8) is 0 Å². The van der Waals surface area contributed by atoms with E-state index in [2.05, 4.69) is 5.32 Å². The van der Waals surface area contributed by atoms with Crippen molar-refractivity contribution in [1.29, 1.82) is 0 Å². The average molecular weight is 300 g/mol. The van der Waals surface area contributed by atoms with Crippen LogP contribution < -0.4 is 5.32 Å². The van der Waals surface area contributed by atoms with Gasteiger partial charge in [0.1, 0.15) is 0 Å². The minimum absolute atomic E-state index is 0.0123. The van der Waals surface area contributed by atoms with Crippen molar-refractivity contribution in [2.24, 2.45) is 5.92 Å². The van der Waals surface area contributed by atoms with Crippen molar-refractivity contribution < 1.29 is 13.2 Å². The molecule has 0 aromatic heterocycles. The molecule has 102 valence electrons. The molecule has 0 aliphatic carbocycles. The van der Waals surface area contributed by atoms with Crippen LogP contribution in [-0.4, -0.2) is 25.8 Å². The molecule has 3 rings (SSSR count). The molecule has 1 amide bonds. The highest BCUT2D eigenvalue weighted by Gasteiger charge is 2.34. The summed E-state index contributed by atoms with van der Waals surface area (Å²) in [5.41, 5.74) is 2.67. The molecule has 0 spiro atoms. The van der Waals surface area contributed by atoms with Crippen LogP contribution in [0.3, 0.4) is 0 Å². The van der Waals surface area contributed by atoms with Gasteiger partial charge in [-0.3, -0.25) is 4.79 Å². The van der Waals surface area contributed by atoms with E-state index in [1.54, 1.807) is 0 Å². The van der Waals surface area contributed by atoms with Crippen LogP contribution in [0.4, 0.5) is 5.69 Å². The summed E-state index contributed by atoms with van der Waals surface area (Å²) in [5.74, 6) is 0.345. The third-order valence-corrected chi connectivity index (χ3v) is 6.16. The van der Waals surface area contributed by atoms with Gasteiger partial charge < -0.3 is 5.32 Å². The lowest BCUT2D eigenvalue weighted by atomic mass is 9.96. The molecule has 0 bridgehead atoms. The number of nitrogens with one attached hydrogen (secondary N) is 1. The number of hydrogen-bond donors (Lipinski definition) is 1. The molecule has 19 heavy (non-hydrogen) atoms. The maximum absolute atomic E-state index is 11.5. The number of benzene rings is 1. The van der Waals surface area contributed by atoms with E-state index in [1.165, 1.54) is 0 Å². The van der Waals surface area contributed by atoms with Crippen molar-refractivity contribution in [1.82, 2.24) is 0 Å². The van der Waals surface area contributed by atoms with Gasteiger partial charge in [0.15, 0.2) is 9.84 Å². The molecule has 2 aliphatic rings. The smallest absolute Gasteiger partial charge is 0.228 e. The van der Waals surface area contributed by atoms with Crippen molar-refractivity contribution in [3.05, 3.63) is 29.3 Å². The van der Waals surface area contributed by atoms with Crippen LogP contribution in [0.25, 0.3) is 0 Å².